The maximum absolute atomic E-state index is 14.9. The second-order valence-corrected chi connectivity index (χ2v) is 14.1. The normalized spacial score (nSPS) is 19.4. The Morgan fingerprint density at radius 2 is 1.60 bits per heavy atom. The monoisotopic (exact) mass is 825 g/mol. The number of aliphatic hydroxyl groups is 5. The number of fused-ring (bicyclic) bond motifs is 2. The van der Waals surface area contributed by atoms with Crippen LogP contribution in [0.3, 0.4) is 0 Å². The fourth-order valence-electron chi connectivity index (χ4n) is 7.27. The summed E-state index contributed by atoms with van der Waals surface area (Å²) in [6, 6.07) is 15.8. The second kappa shape index (κ2) is 17.9. The Balaban J connectivity index is 1.58. The van der Waals surface area contributed by atoms with Gasteiger partial charge < -0.3 is 61.1 Å². The number of carbonyl (C=O) groups is 4. The van der Waals surface area contributed by atoms with Crippen molar-refractivity contribution in [1.82, 2.24) is 0 Å². The lowest BCUT2D eigenvalue weighted by Gasteiger charge is -2.45. The molecule has 17 nitrogen and oxygen atoms in total. The van der Waals surface area contributed by atoms with Gasteiger partial charge in [-0.3, -0.25) is 24.2 Å². The number of carbonyl (C=O) groups excluding carboxylic acids is 4. The average Bonchev–Trinajstić information content (AvgIpc) is 3.21. The van der Waals surface area contributed by atoms with E-state index in [0.29, 0.717) is 11.8 Å². The van der Waals surface area contributed by atoms with E-state index >= 15 is 0 Å². The number of aliphatic hydroxyl groups excluding tert-OH is 3. The first-order chi connectivity index (χ1) is 28.6. The Bertz CT molecular complexity index is 2390. The van der Waals surface area contributed by atoms with E-state index in [2.05, 4.69) is 4.99 Å². The summed E-state index contributed by atoms with van der Waals surface area (Å²) in [4.78, 5) is 58.0. The number of hydrogen-bond acceptors (Lipinski definition) is 15. The molecular formula is C43H43N3O14. The van der Waals surface area contributed by atoms with Crippen LogP contribution in [0.25, 0.3) is 12.2 Å². The fourth-order valence-corrected chi connectivity index (χ4v) is 7.27. The SMILES string of the molecule is CC(=O)Oc1cc(CO)c2c(c1C=Cc1ccccc1)C(=O)c1cc(O[C@H]3O[C@H](C)[C@@H](O)C(O)(O)[C@H]3OCCN=C(N)N)c(Cc3cccc(CO)c3C=O)c(O)c1C2=O. The number of guanidine groups is 1. The van der Waals surface area contributed by atoms with Crippen LogP contribution in [0.2, 0.25) is 0 Å². The molecule has 0 aromatic heterocycles. The molecule has 4 atom stereocenters. The van der Waals surface area contributed by atoms with Crippen molar-refractivity contribution in [2.75, 3.05) is 13.2 Å². The maximum atomic E-state index is 14.9. The van der Waals surface area contributed by atoms with Gasteiger partial charge >= 0.3 is 5.97 Å². The van der Waals surface area contributed by atoms with E-state index in [-0.39, 0.29) is 81.5 Å². The van der Waals surface area contributed by atoms with E-state index in [1.165, 1.54) is 31.2 Å². The zero-order valence-corrected chi connectivity index (χ0v) is 32.4. The van der Waals surface area contributed by atoms with E-state index in [1.54, 1.807) is 42.5 Å². The predicted molar refractivity (Wildman–Crippen MR) is 213 cm³/mol. The number of aliphatic imine (C=N–C) groups is 1. The molecule has 314 valence electrons. The number of nitrogens with zero attached hydrogens (tertiary/aromatic N) is 1. The van der Waals surface area contributed by atoms with Gasteiger partial charge in [-0.2, -0.15) is 0 Å². The molecule has 10 N–H and O–H groups in total. The number of ketones is 2. The van der Waals surface area contributed by atoms with E-state index in [4.69, 9.17) is 30.4 Å². The van der Waals surface area contributed by atoms with Crippen molar-refractivity contribution < 1.29 is 68.8 Å². The van der Waals surface area contributed by atoms with E-state index in [0.717, 1.165) is 13.0 Å². The van der Waals surface area contributed by atoms with E-state index in [1.807, 2.05) is 0 Å². The second-order valence-electron chi connectivity index (χ2n) is 14.1. The molecular weight excluding hydrogens is 782 g/mol. The summed E-state index contributed by atoms with van der Waals surface area (Å²) in [6.45, 7) is 0.667. The molecule has 0 saturated carbocycles. The number of rotatable bonds is 14. The molecule has 1 fully saturated rings. The Morgan fingerprint density at radius 1 is 0.900 bits per heavy atom. The molecule has 4 aromatic rings. The lowest BCUT2D eigenvalue weighted by atomic mass is 9.77. The molecule has 60 heavy (non-hydrogen) atoms. The highest BCUT2D eigenvalue weighted by Gasteiger charge is 2.56. The summed E-state index contributed by atoms with van der Waals surface area (Å²) in [5, 5.41) is 65.7. The summed E-state index contributed by atoms with van der Waals surface area (Å²) in [5.41, 5.74) is 10.3. The third kappa shape index (κ3) is 8.41. The first-order valence-electron chi connectivity index (χ1n) is 18.6. The van der Waals surface area contributed by atoms with Gasteiger partial charge in [0, 0.05) is 46.7 Å². The van der Waals surface area contributed by atoms with E-state index < -0.39 is 78.0 Å². The number of hydrogen-bond donors (Lipinski definition) is 8. The van der Waals surface area contributed by atoms with Crippen LogP contribution in [0.4, 0.5) is 0 Å². The lowest BCUT2D eigenvalue weighted by Crippen LogP contribution is -2.67. The summed E-state index contributed by atoms with van der Waals surface area (Å²) in [5.74, 6) is -7.09. The average molecular weight is 826 g/mol. The quantitative estimate of drug-likeness (QED) is 0.0115. The van der Waals surface area contributed by atoms with Crippen LogP contribution in [0.5, 0.6) is 17.2 Å². The van der Waals surface area contributed by atoms with Gasteiger partial charge in [0.05, 0.1) is 38.0 Å². The van der Waals surface area contributed by atoms with Crippen molar-refractivity contribution in [2.24, 2.45) is 16.5 Å². The molecule has 1 heterocycles. The van der Waals surface area contributed by atoms with E-state index in [9.17, 15) is 49.8 Å². The Kier molecular flexibility index (Phi) is 12.9. The number of phenols is 1. The molecule has 1 aliphatic heterocycles. The minimum Gasteiger partial charge on any atom is -0.507 e. The summed E-state index contributed by atoms with van der Waals surface area (Å²) >= 11 is 0. The zero-order valence-electron chi connectivity index (χ0n) is 32.4. The fraction of sp³-hybridized carbons (Fsp3) is 0.279. The molecule has 2 aliphatic rings. The minimum absolute atomic E-state index is 0.00532. The first kappa shape index (κ1) is 43.3. The number of ether oxygens (including phenoxy) is 4. The van der Waals surface area contributed by atoms with Gasteiger partial charge in [-0.05, 0) is 47.4 Å². The topological polar surface area (TPSA) is 291 Å². The van der Waals surface area contributed by atoms with Gasteiger partial charge in [0.2, 0.25) is 12.1 Å². The van der Waals surface area contributed by atoms with Crippen molar-refractivity contribution in [3.63, 3.8) is 0 Å². The van der Waals surface area contributed by atoms with Crippen LogP contribution in [0.1, 0.15) is 89.4 Å². The number of phenolic OH excluding ortho intramolecular Hbond substituents is 1. The van der Waals surface area contributed by atoms with Crippen molar-refractivity contribution in [3.8, 4) is 17.2 Å². The zero-order chi connectivity index (χ0) is 43.5. The summed E-state index contributed by atoms with van der Waals surface area (Å²) in [6.07, 6.45) is -3.69. The van der Waals surface area contributed by atoms with Crippen molar-refractivity contribution >= 4 is 41.9 Å². The highest BCUT2D eigenvalue weighted by Crippen LogP contribution is 2.46. The Morgan fingerprint density at radius 3 is 2.25 bits per heavy atom. The highest BCUT2D eigenvalue weighted by atomic mass is 16.7. The van der Waals surface area contributed by atoms with Crippen LogP contribution >= 0.6 is 0 Å². The molecule has 0 amide bonds. The molecule has 0 spiro atoms. The van der Waals surface area contributed by atoms with Crippen molar-refractivity contribution in [2.45, 2.75) is 63.9 Å². The van der Waals surface area contributed by atoms with Gasteiger partial charge in [-0.25, -0.2) is 0 Å². The van der Waals surface area contributed by atoms with Gasteiger partial charge in [-0.1, -0.05) is 54.6 Å². The largest absolute Gasteiger partial charge is 0.507 e. The number of benzene rings is 4. The molecule has 6 rings (SSSR count). The van der Waals surface area contributed by atoms with Crippen LogP contribution in [-0.2, 0) is 33.9 Å². The van der Waals surface area contributed by atoms with Crippen LogP contribution in [0.15, 0.2) is 65.7 Å². The minimum atomic E-state index is -3.02. The smallest absolute Gasteiger partial charge is 0.308 e. The third-order valence-electron chi connectivity index (χ3n) is 10.1. The highest BCUT2D eigenvalue weighted by molar-refractivity contribution is 6.31. The van der Waals surface area contributed by atoms with Gasteiger partial charge in [0.15, 0.2) is 29.9 Å². The lowest BCUT2D eigenvalue weighted by molar-refractivity contribution is -0.378. The summed E-state index contributed by atoms with van der Waals surface area (Å²) in [7, 11) is 0. The first-order valence-corrected chi connectivity index (χ1v) is 18.6. The van der Waals surface area contributed by atoms with Gasteiger partial charge in [-0.15, -0.1) is 0 Å². The van der Waals surface area contributed by atoms with Gasteiger partial charge in [0.25, 0.3) is 0 Å². The van der Waals surface area contributed by atoms with Crippen LogP contribution in [0, 0.1) is 0 Å². The molecule has 0 radical (unpaired) electrons. The molecule has 1 aliphatic carbocycles. The maximum Gasteiger partial charge on any atom is 0.308 e. The van der Waals surface area contributed by atoms with Crippen LogP contribution in [-0.4, -0.2) is 104 Å². The number of aldehydes is 1. The molecule has 0 unspecified atom stereocenters. The van der Waals surface area contributed by atoms with Gasteiger partial charge in [0.1, 0.15) is 23.4 Å². The Hall–Kier alpha value is -6.31. The predicted octanol–water partition coefficient (Wildman–Crippen LogP) is 1.48. The van der Waals surface area contributed by atoms with Crippen molar-refractivity contribution in [3.05, 3.63) is 122 Å². The molecule has 1 saturated heterocycles. The molecule has 17 heteroatoms. The Labute approximate surface area is 342 Å². The molecule has 4 aromatic carbocycles. The van der Waals surface area contributed by atoms with Crippen LogP contribution < -0.4 is 20.9 Å². The van der Waals surface area contributed by atoms with Crippen molar-refractivity contribution in [1.29, 1.82) is 0 Å². The third-order valence-corrected chi connectivity index (χ3v) is 10.1. The molecule has 0 bridgehead atoms. The number of esters is 1. The number of nitrogens with two attached hydrogens (primary N) is 2. The number of aromatic hydroxyl groups is 1. The standard InChI is InChI=1S/C43H43N3O14/c1-21-39(54)43(55,56)40(57-14-13-46-42(44)45)41(58-21)60-32-17-29-35(36(51)28(32)15-24-9-6-10-25(18-47)30(24)20-49)38(53)33-26(19-48)16-31(59-22(2)50)27(34(33)37(29)52)12-11-23-7-4-3-5-8-23/h3-12,16-17,20-21,39-41,47-48,51,54-56H,13-15,18-19H2,1-2H3,(H4,44,45,46)/t21-,39-,40+,41-/m1/s1. The summed E-state index contributed by atoms with van der Waals surface area (Å²) < 4.78 is 23.3.